The Morgan fingerprint density at radius 2 is 1.61 bits per heavy atom. The highest BCUT2D eigenvalue weighted by atomic mass is 35.5. The van der Waals surface area contributed by atoms with E-state index in [1.807, 2.05) is 18.2 Å². The average Bonchev–Trinajstić information content (AvgIpc) is 2.96. The second-order valence-corrected chi connectivity index (χ2v) is 9.36. The van der Waals surface area contributed by atoms with Crippen LogP contribution in [-0.2, 0) is 5.41 Å². The van der Waals surface area contributed by atoms with E-state index in [4.69, 9.17) is 11.6 Å². The molecule has 4 aliphatic carbocycles. The number of fused-ring (bicyclic) bond motifs is 3. The second-order valence-electron chi connectivity index (χ2n) is 8.92. The highest BCUT2D eigenvalue weighted by molar-refractivity contribution is 6.30. The highest BCUT2D eigenvalue weighted by Crippen LogP contribution is 2.94. The van der Waals surface area contributed by atoms with Crippen LogP contribution in [0.5, 0.6) is 0 Å². The zero-order valence-corrected chi connectivity index (χ0v) is 15.8. The van der Waals surface area contributed by atoms with Gasteiger partial charge in [-0.2, -0.15) is 15.8 Å². The van der Waals surface area contributed by atoms with E-state index in [-0.39, 0.29) is 29.1 Å². The predicted octanol–water partition coefficient (Wildman–Crippen LogP) is 5.06. The number of benzene rings is 2. The molecular weight excluding hydrogens is 366 g/mol. The summed E-state index contributed by atoms with van der Waals surface area (Å²) in [6.45, 7) is 0. The fourth-order valence-corrected chi connectivity index (χ4v) is 7.73. The van der Waals surface area contributed by atoms with Gasteiger partial charge in [0.25, 0.3) is 0 Å². The summed E-state index contributed by atoms with van der Waals surface area (Å²) in [5.41, 5.74) is 1.87. The van der Waals surface area contributed by atoms with E-state index in [1.54, 1.807) is 0 Å². The first-order valence-corrected chi connectivity index (χ1v) is 10.0. The first-order chi connectivity index (χ1) is 13.6. The number of halogens is 1. The Kier molecular flexibility index (Phi) is 2.76. The normalized spacial score (nSPS) is 39.8. The first-order valence-electron chi connectivity index (χ1n) is 9.67. The monoisotopic (exact) mass is 381 g/mol. The van der Waals surface area contributed by atoms with Crippen LogP contribution in [-0.4, -0.2) is 0 Å². The molecule has 0 saturated heterocycles. The van der Waals surface area contributed by atoms with Crippen LogP contribution in [0.2, 0.25) is 5.02 Å². The average molecular weight is 382 g/mol. The van der Waals surface area contributed by atoms with Crippen LogP contribution >= 0.6 is 11.6 Å². The lowest BCUT2D eigenvalue weighted by Gasteiger charge is -2.28. The quantitative estimate of drug-likeness (QED) is 0.693. The van der Waals surface area contributed by atoms with Crippen LogP contribution < -0.4 is 0 Å². The minimum atomic E-state index is -0.983. The predicted molar refractivity (Wildman–Crippen MR) is 103 cm³/mol. The number of rotatable bonds is 1. The van der Waals surface area contributed by atoms with E-state index < -0.39 is 10.8 Å². The van der Waals surface area contributed by atoms with E-state index in [2.05, 4.69) is 48.5 Å². The van der Waals surface area contributed by atoms with Gasteiger partial charge in [-0.05, 0) is 65.3 Å². The van der Waals surface area contributed by atoms with E-state index in [0.29, 0.717) is 17.9 Å². The molecule has 0 bridgehead atoms. The van der Waals surface area contributed by atoms with Gasteiger partial charge in [0.2, 0.25) is 0 Å². The van der Waals surface area contributed by atoms with Crippen LogP contribution in [0, 0.1) is 56.7 Å². The highest BCUT2D eigenvalue weighted by Gasteiger charge is 2.93. The van der Waals surface area contributed by atoms with Crippen molar-refractivity contribution in [3.8, 4) is 18.2 Å². The van der Waals surface area contributed by atoms with E-state index in [1.165, 1.54) is 11.1 Å². The number of hydrogen-bond acceptors (Lipinski definition) is 3. The van der Waals surface area contributed by atoms with Crippen LogP contribution in [0.15, 0.2) is 48.5 Å². The SMILES string of the molecule is N#CC1(C#N)C[C@H]2[C@H](c3ccc(Cl)cc3)[C@@H]3c4ccccc4C4(C#N)[C@@H]3C24C1. The number of nitrogens with zero attached hydrogens (tertiary/aromatic N) is 3. The fraction of sp³-hybridized carbons (Fsp3) is 0.375. The maximum Gasteiger partial charge on any atom is 0.144 e. The molecule has 1 spiro atoms. The largest absolute Gasteiger partial charge is 0.197 e. The Hall–Kier alpha value is -2.80. The second kappa shape index (κ2) is 4.78. The maximum absolute atomic E-state index is 10.4. The van der Waals surface area contributed by atoms with Gasteiger partial charge in [0.15, 0.2) is 0 Å². The molecule has 0 aromatic heterocycles. The molecule has 2 aromatic carbocycles. The van der Waals surface area contributed by atoms with Gasteiger partial charge in [-0.3, -0.25) is 0 Å². The van der Waals surface area contributed by atoms with Crippen molar-refractivity contribution in [2.45, 2.75) is 30.1 Å². The van der Waals surface area contributed by atoms with Gasteiger partial charge in [-0.25, -0.2) is 0 Å². The van der Waals surface area contributed by atoms with Gasteiger partial charge in [0, 0.05) is 10.4 Å². The molecule has 28 heavy (non-hydrogen) atoms. The van der Waals surface area contributed by atoms with Crippen molar-refractivity contribution in [2.75, 3.05) is 0 Å². The van der Waals surface area contributed by atoms with E-state index in [9.17, 15) is 15.8 Å². The molecule has 0 N–H and O–H groups in total. The molecule has 4 aliphatic rings. The van der Waals surface area contributed by atoms with Gasteiger partial charge >= 0.3 is 0 Å². The third-order valence-corrected chi connectivity index (χ3v) is 8.53. The van der Waals surface area contributed by atoms with Crippen LogP contribution in [0.3, 0.4) is 0 Å². The van der Waals surface area contributed by atoms with Crippen LogP contribution in [0.4, 0.5) is 0 Å². The van der Waals surface area contributed by atoms with Gasteiger partial charge in [-0.15, -0.1) is 0 Å². The Balaban J connectivity index is 1.61. The summed E-state index contributed by atoms with van der Waals surface area (Å²) in [6.07, 6.45) is 1.07. The zero-order valence-electron chi connectivity index (χ0n) is 15.1. The Morgan fingerprint density at radius 3 is 2.29 bits per heavy atom. The smallest absolute Gasteiger partial charge is 0.144 e. The standard InChI is InChI=1S/C24H16ClN3/c25-15-7-5-14(6-8-15)19-18-9-22(11-26,12-27)10-23(18)21-20(19)16-3-1-2-4-17(16)24(21,23)13-28/h1-8,18-21H,9-10H2/t18-,19-,20-,21-,23?,24?/m0/s1. The summed E-state index contributed by atoms with van der Waals surface area (Å²) >= 11 is 6.13. The van der Waals surface area contributed by atoms with Crippen molar-refractivity contribution in [1.82, 2.24) is 0 Å². The number of nitriles is 3. The molecule has 2 aromatic rings. The summed E-state index contributed by atoms with van der Waals surface area (Å²) in [7, 11) is 0. The molecule has 0 heterocycles. The Bertz CT molecular complexity index is 1150. The molecular formula is C24H16ClN3. The molecule has 4 heteroatoms. The van der Waals surface area contributed by atoms with Crippen LogP contribution in [0.25, 0.3) is 0 Å². The molecule has 2 unspecified atom stereocenters. The molecule has 3 saturated carbocycles. The zero-order chi connectivity index (χ0) is 19.3. The van der Waals surface area contributed by atoms with Crippen LogP contribution in [0.1, 0.15) is 41.4 Å². The Labute approximate surface area is 168 Å². The molecule has 3 fully saturated rings. The van der Waals surface area contributed by atoms with Gasteiger partial charge in [0.05, 0.1) is 23.6 Å². The lowest BCUT2D eigenvalue weighted by Crippen LogP contribution is -2.23. The van der Waals surface area contributed by atoms with Crippen molar-refractivity contribution in [2.24, 2.45) is 22.7 Å². The lowest BCUT2D eigenvalue weighted by molar-refractivity contribution is 0.318. The fourth-order valence-electron chi connectivity index (χ4n) is 7.61. The Morgan fingerprint density at radius 1 is 0.893 bits per heavy atom. The van der Waals surface area contributed by atoms with Gasteiger partial charge in [0.1, 0.15) is 5.41 Å². The molecule has 6 atom stereocenters. The summed E-state index contributed by atoms with van der Waals surface area (Å²) in [5, 5.41) is 30.8. The summed E-state index contributed by atoms with van der Waals surface area (Å²) in [4.78, 5) is 0. The van der Waals surface area contributed by atoms with Crippen molar-refractivity contribution in [1.29, 1.82) is 15.8 Å². The third-order valence-electron chi connectivity index (χ3n) is 8.28. The summed E-state index contributed by atoms with van der Waals surface area (Å²) in [5.74, 6) is 0.861. The minimum Gasteiger partial charge on any atom is -0.197 e. The third kappa shape index (κ3) is 1.44. The molecule has 6 rings (SSSR count). The first kappa shape index (κ1) is 16.2. The van der Waals surface area contributed by atoms with Gasteiger partial charge < -0.3 is 0 Å². The minimum absolute atomic E-state index is 0.162. The molecule has 0 aliphatic heterocycles. The van der Waals surface area contributed by atoms with Crippen molar-refractivity contribution in [3.05, 3.63) is 70.2 Å². The van der Waals surface area contributed by atoms with E-state index >= 15 is 0 Å². The summed E-state index contributed by atoms with van der Waals surface area (Å²) < 4.78 is 0. The van der Waals surface area contributed by atoms with Crippen molar-refractivity contribution in [3.63, 3.8) is 0 Å². The van der Waals surface area contributed by atoms with Gasteiger partial charge in [-0.1, -0.05) is 48.0 Å². The molecule has 0 amide bonds. The van der Waals surface area contributed by atoms with Crippen molar-refractivity contribution < 1.29 is 0 Å². The molecule has 3 nitrogen and oxygen atoms in total. The van der Waals surface area contributed by atoms with E-state index in [0.717, 1.165) is 5.56 Å². The molecule has 134 valence electrons. The number of hydrogen-bond donors (Lipinski definition) is 0. The summed E-state index contributed by atoms with van der Waals surface area (Å²) in [6, 6.07) is 23.7. The molecule has 0 radical (unpaired) electrons. The maximum atomic E-state index is 10.4. The topological polar surface area (TPSA) is 71.4 Å². The lowest BCUT2D eigenvalue weighted by atomic mass is 9.73. The van der Waals surface area contributed by atoms with Crippen molar-refractivity contribution >= 4 is 11.6 Å².